The Bertz CT molecular complexity index is 1670. The number of methoxy groups -OCH3 is 1. The van der Waals surface area contributed by atoms with Crippen molar-refractivity contribution in [2.45, 2.75) is 71.2 Å². The van der Waals surface area contributed by atoms with Crippen LogP contribution < -0.4 is 10.1 Å². The first-order valence-corrected chi connectivity index (χ1v) is 15.1. The number of aryl methyl sites for hydroxylation is 1. The summed E-state index contributed by atoms with van der Waals surface area (Å²) in [5.74, 6) is 1.58. The number of rotatable bonds is 7. The number of amides is 2. The summed E-state index contributed by atoms with van der Waals surface area (Å²) in [6.07, 6.45) is 4.37. The van der Waals surface area contributed by atoms with Crippen molar-refractivity contribution in [3.63, 3.8) is 0 Å². The molecule has 2 fully saturated rings. The fourth-order valence-corrected chi connectivity index (χ4v) is 6.92. The van der Waals surface area contributed by atoms with Crippen molar-refractivity contribution < 1.29 is 19.1 Å². The lowest BCUT2D eigenvalue weighted by molar-refractivity contribution is 0.0485. The number of aromatic nitrogens is 3. The zero-order valence-corrected chi connectivity index (χ0v) is 25.9. The van der Waals surface area contributed by atoms with Crippen molar-refractivity contribution in [1.29, 1.82) is 0 Å². The predicted octanol–water partition coefficient (Wildman–Crippen LogP) is 5.79. The van der Waals surface area contributed by atoms with E-state index in [4.69, 9.17) is 14.5 Å². The Morgan fingerprint density at radius 2 is 1.86 bits per heavy atom. The number of piperidine rings is 1. The molecule has 2 aromatic carbocycles. The van der Waals surface area contributed by atoms with Crippen LogP contribution in [0, 0.1) is 5.92 Å². The Hall–Kier alpha value is -4.27. The van der Waals surface area contributed by atoms with Gasteiger partial charge in [-0.15, -0.1) is 0 Å². The number of ether oxygens (including phenoxy) is 2. The van der Waals surface area contributed by atoms with Crippen molar-refractivity contribution in [1.82, 2.24) is 24.3 Å². The Kier molecular flexibility index (Phi) is 7.44. The molecular formula is C34H41N5O4. The molecule has 43 heavy (non-hydrogen) atoms. The van der Waals surface area contributed by atoms with E-state index in [9.17, 15) is 9.59 Å². The maximum atomic E-state index is 13.9. The Labute approximate surface area is 252 Å². The zero-order valence-electron chi connectivity index (χ0n) is 25.9. The molecular weight excluding hydrogens is 542 g/mol. The quantitative estimate of drug-likeness (QED) is 0.298. The minimum Gasteiger partial charge on any atom is -0.494 e. The lowest BCUT2D eigenvalue weighted by atomic mass is 10.1. The summed E-state index contributed by atoms with van der Waals surface area (Å²) in [5, 5.41) is 3.05. The van der Waals surface area contributed by atoms with Gasteiger partial charge in [-0.2, -0.15) is 0 Å². The Morgan fingerprint density at radius 3 is 2.56 bits per heavy atom. The van der Waals surface area contributed by atoms with Crippen LogP contribution in [0.5, 0.6) is 5.75 Å². The van der Waals surface area contributed by atoms with Gasteiger partial charge in [0.1, 0.15) is 22.7 Å². The van der Waals surface area contributed by atoms with Crippen LogP contribution in [0.3, 0.4) is 0 Å². The van der Waals surface area contributed by atoms with Crippen LogP contribution in [0.4, 0.5) is 4.79 Å². The molecule has 0 unspecified atom stereocenters. The number of alkyl carbamates (subject to hydrolysis) is 1. The fourth-order valence-electron chi connectivity index (χ4n) is 6.92. The van der Waals surface area contributed by atoms with Gasteiger partial charge in [-0.3, -0.25) is 4.79 Å². The summed E-state index contributed by atoms with van der Waals surface area (Å²) in [4.78, 5) is 33.4. The number of imidazole rings is 1. The van der Waals surface area contributed by atoms with E-state index in [-0.39, 0.29) is 23.9 Å². The van der Waals surface area contributed by atoms with E-state index in [0.29, 0.717) is 23.4 Å². The van der Waals surface area contributed by atoms with Gasteiger partial charge < -0.3 is 28.8 Å². The molecule has 1 saturated heterocycles. The lowest BCUT2D eigenvalue weighted by Crippen LogP contribution is -2.46. The van der Waals surface area contributed by atoms with Crippen LogP contribution in [0.1, 0.15) is 62.2 Å². The molecule has 2 aromatic heterocycles. The van der Waals surface area contributed by atoms with Gasteiger partial charge in [-0.05, 0) is 69.7 Å². The van der Waals surface area contributed by atoms with E-state index in [1.807, 2.05) is 50.9 Å². The number of fused-ring (bicyclic) bond motifs is 3. The van der Waals surface area contributed by atoms with Crippen molar-refractivity contribution in [2.75, 3.05) is 13.7 Å². The van der Waals surface area contributed by atoms with E-state index in [2.05, 4.69) is 57.9 Å². The SMILES string of the molecule is CCc1c(-c2nc3cc(C(=O)N4C[C@H]5CC[C@@H]4[C@@H]5NC(=O)OC(C)(C)C)cc(OC)c3n2C)ccn1Cc1ccccc1. The van der Waals surface area contributed by atoms with Gasteiger partial charge >= 0.3 is 6.09 Å². The molecule has 9 heteroatoms. The summed E-state index contributed by atoms with van der Waals surface area (Å²) < 4.78 is 15.7. The number of likely N-dealkylation sites (tertiary alicyclic amines) is 1. The molecule has 0 spiro atoms. The highest BCUT2D eigenvalue weighted by Crippen LogP contribution is 2.40. The molecule has 3 atom stereocenters. The molecule has 2 aliphatic rings. The van der Waals surface area contributed by atoms with Gasteiger partial charge in [0, 0.05) is 43.2 Å². The first-order valence-electron chi connectivity index (χ1n) is 15.1. The van der Waals surface area contributed by atoms with Crippen LogP contribution in [0.25, 0.3) is 22.4 Å². The summed E-state index contributed by atoms with van der Waals surface area (Å²) in [6.45, 7) is 9.10. The van der Waals surface area contributed by atoms with E-state index in [1.165, 1.54) is 11.3 Å². The van der Waals surface area contributed by atoms with Gasteiger partial charge in [0.2, 0.25) is 0 Å². The molecule has 0 radical (unpaired) electrons. The number of hydrogen-bond acceptors (Lipinski definition) is 5. The average Bonchev–Trinajstić information content (AvgIpc) is 3.73. The van der Waals surface area contributed by atoms with Crippen LogP contribution in [-0.2, 0) is 24.8 Å². The molecule has 3 heterocycles. The second-order valence-electron chi connectivity index (χ2n) is 12.7. The van der Waals surface area contributed by atoms with Crippen molar-refractivity contribution in [2.24, 2.45) is 13.0 Å². The predicted molar refractivity (Wildman–Crippen MR) is 166 cm³/mol. The monoisotopic (exact) mass is 583 g/mol. The summed E-state index contributed by atoms with van der Waals surface area (Å²) in [5.41, 5.74) is 5.04. The highest BCUT2D eigenvalue weighted by atomic mass is 16.6. The lowest BCUT2D eigenvalue weighted by Gasteiger charge is -2.28. The molecule has 6 rings (SSSR count). The van der Waals surface area contributed by atoms with Gasteiger partial charge in [0.25, 0.3) is 5.91 Å². The summed E-state index contributed by atoms with van der Waals surface area (Å²) in [7, 11) is 3.62. The molecule has 1 aliphatic carbocycles. The molecule has 2 amide bonds. The molecule has 1 saturated carbocycles. The Balaban J connectivity index is 1.29. The third-order valence-corrected chi connectivity index (χ3v) is 8.78. The maximum Gasteiger partial charge on any atom is 0.407 e. The molecule has 1 aliphatic heterocycles. The number of hydrogen-bond donors (Lipinski definition) is 1. The van der Waals surface area contributed by atoms with E-state index < -0.39 is 11.7 Å². The van der Waals surface area contributed by atoms with E-state index in [0.717, 1.165) is 42.7 Å². The standard InChI is InChI=1S/C34H41N5O4/c1-7-26-24(15-16-38(26)19-21-11-9-8-10-12-21)31-35-25-17-23(18-28(42-6)30(25)37(31)5)32(40)39-20-22-13-14-27(39)29(22)36-33(41)43-34(2,3)4/h8-12,15-18,22,27,29H,7,13-14,19-20H2,1-6H3,(H,36,41)/t22-,27-,29-/m1/s1. The van der Waals surface area contributed by atoms with E-state index >= 15 is 0 Å². The number of carbonyl (C=O) groups excluding carboxylic acids is 2. The highest BCUT2D eigenvalue weighted by Gasteiger charge is 2.50. The van der Waals surface area contributed by atoms with Gasteiger partial charge in [0.05, 0.1) is 24.7 Å². The van der Waals surface area contributed by atoms with Crippen LogP contribution in [-0.4, -0.2) is 62.4 Å². The fraction of sp³-hybridized carbons (Fsp3) is 0.441. The van der Waals surface area contributed by atoms with Gasteiger partial charge in [0.15, 0.2) is 0 Å². The van der Waals surface area contributed by atoms with Crippen molar-refractivity contribution >= 4 is 23.0 Å². The average molecular weight is 584 g/mol. The smallest absolute Gasteiger partial charge is 0.407 e. The normalized spacial score (nSPS) is 19.7. The number of nitrogens with zero attached hydrogens (tertiary/aromatic N) is 4. The molecule has 9 nitrogen and oxygen atoms in total. The van der Waals surface area contributed by atoms with Crippen LogP contribution in [0.2, 0.25) is 0 Å². The van der Waals surface area contributed by atoms with Gasteiger partial charge in [-0.1, -0.05) is 37.3 Å². The third kappa shape index (κ3) is 5.37. The first kappa shape index (κ1) is 28.8. The second kappa shape index (κ2) is 11.1. The Morgan fingerprint density at radius 1 is 1.09 bits per heavy atom. The summed E-state index contributed by atoms with van der Waals surface area (Å²) >= 11 is 0. The zero-order chi connectivity index (χ0) is 30.5. The second-order valence-corrected chi connectivity index (χ2v) is 12.7. The number of carbonyl (C=O) groups is 2. The molecule has 4 aromatic rings. The molecule has 2 bridgehead atoms. The van der Waals surface area contributed by atoms with Crippen molar-refractivity contribution in [3.8, 4) is 17.1 Å². The maximum absolute atomic E-state index is 13.9. The van der Waals surface area contributed by atoms with Crippen LogP contribution in [0.15, 0.2) is 54.7 Å². The number of benzene rings is 2. The minimum absolute atomic E-state index is 0.0671. The topological polar surface area (TPSA) is 90.6 Å². The molecule has 226 valence electrons. The van der Waals surface area contributed by atoms with Crippen molar-refractivity contribution in [3.05, 3.63) is 71.5 Å². The van der Waals surface area contributed by atoms with Gasteiger partial charge in [-0.25, -0.2) is 9.78 Å². The number of nitrogens with one attached hydrogen (secondary N) is 1. The summed E-state index contributed by atoms with van der Waals surface area (Å²) in [6, 6.07) is 16.1. The first-order chi connectivity index (χ1) is 20.6. The largest absolute Gasteiger partial charge is 0.494 e. The minimum atomic E-state index is -0.576. The highest BCUT2D eigenvalue weighted by molar-refractivity contribution is 6.00. The third-order valence-electron chi connectivity index (χ3n) is 8.78. The van der Waals surface area contributed by atoms with Crippen LogP contribution >= 0.6 is 0 Å². The van der Waals surface area contributed by atoms with E-state index in [1.54, 1.807) is 7.11 Å². The molecule has 1 N–H and O–H groups in total.